The molecule has 1 unspecified atom stereocenters. The van der Waals surface area contributed by atoms with Crippen molar-refractivity contribution in [3.05, 3.63) is 35.9 Å². The lowest BCUT2D eigenvalue weighted by atomic mass is 9.92. The minimum absolute atomic E-state index is 0. The Hall–Kier alpha value is -0.810. The number of amides is 1. The summed E-state index contributed by atoms with van der Waals surface area (Å²) in [5.41, 5.74) is 1.07. The molecule has 0 aromatic heterocycles. The average molecular weight is 388 g/mol. The first-order chi connectivity index (χ1) is 11.2. The highest BCUT2D eigenvalue weighted by Gasteiger charge is 2.40. The number of halogens is 2. The van der Waals surface area contributed by atoms with E-state index in [1.165, 1.54) is 5.56 Å². The first kappa shape index (κ1) is 22.2. The standard InChI is InChI=1S/C19H29N3O.2ClH/c1-2-19(11-6-12-20-19)18(23)21-17-9-13-22(14-10-17)15-16-7-4-3-5-8-16;;/h3-5,7-8,17,20H,2,6,9-15H2,1H3,(H,21,23);2*1H. The Labute approximate surface area is 163 Å². The maximum Gasteiger partial charge on any atom is 0.240 e. The number of carbonyl (C=O) groups is 1. The predicted octanol–water partition coefficient (Wildman–Crippen LogP) is 3.14. The molecule has 0 spiro atoms. The molecule has 3 rings (SSSR count). The Bertz CT molecular complexity index is 513. The Morgan fingerprint density at radius 1 is 1.24 bits per heavy atom. The molecule has 142 valence electrons. The molecule has 1 aromatic rings. The van der Waals surface area contributed by atoms with Crippen LogP contribution in [0, 0.1) is 0 Å². The van der Waals surface area contributed by atoms with Gasteiger partial charge in [-0.05, 0) is 44.2 Å². The van der Waals surface area contributed by atoms with Crippen LogP contribution in [-0.2, 0) is 11.3 Å². The molecule has 2 aliphatic heterocycles. The number of rotatable bonds is 5. The van der Waals surface area contributed by atoms with Gasteiger partial charge in [-0.3, -0.25) is 9.69 Å². The molecule has 4 nitrogen and oxygen atoms in total. The number of carbonyl (C=O) groups excluding carboxylic acids is 1. The van der Waals surface area contributed by atoms with E-state index >= 15 is 0 Å². The summed E-state index contributed by atoms with van der Waals surface area (Å²) in [6.07, 6.45) is 5.07. The number of hydrogen-bond donors (Lipinski definition) is 2. The predicted molar refractivity (Wildman–Crippen MR) is 108 cm³/mol. The van der Waals surface area contributed by atoms with E-state index in [0.29, 0.717) is 6.04 Å². The molecular weight excluding hydrogens is 357 g/mol. The Balaban J connectivity index is 0.00000156. The maximum absolute atomic E-state index is 12.7. The van der Waals surface area contributed by atoms with Crippen molar-refractivity contribution in [2.24, 2.45) is 0 Å². The van der Waals surface area contributed by atoms with Crippen molar-refractivity contribution < 1.29 is 4.79 Å². The Morgan fingerprint density at radius 2 is 1.92 bits per heavy atom. The van der Waals surface area contributed by atoms with Gasteiger partial charge in [0.15, 0.2) is 0 Å². The summed E-state index contributed by atoms with van der Waals surface area (Å²) >= 11 is 0. The van der Waals surface area contributed by atoms with E-state index < -0.39 is 0 Å². The average Bonchev–Trinajstić information content (AvgIpc) is 3.08. The molecule has 6 heteroatoms. The third-order valence-corrected chi connectivity index (χ3v) is 5.45. The second-order valence-corrected chi connectivity index (χ2v) is 6.98. The Kier molecular flexibility index (Phi) is 9.22. The second kappa shape index (κ2) is 10.4. The molecule has 2 N–H and O–H groups in total. The molecule has 2 aliphatic rings. The van der Waals surface area contributed by atoms with Crippen LogP contribution in [0.4, 0.5) is 0 Å². The molecule has 25 heavy (non-hydrogen) atoms. The summed E-state index contributed by atoms with van der Waals surface area (Å²) in [4.78, 5) is 15.1. The molecule has 2 fully saturated rings. The molecule has 2 saturated heterocycles. The topological polar surface area (TPSA) is 44.4 Å². The summed E-state index contributed by atoms with van der Waals surface area (Å²) in [7, 11) is 0. The van der Waals surface area contributed by atoms with Crippen LogP contribution in [-0.4, -0.2) is 42.0 Å². The summed E-state index contributed by atoms with van der Waals surface area (Å²) in [6, 6.07) is 11.0. The van der Waals surface area contributed by atoms with Crippen molar-refractivity contribution >= 4 is 30.7 Å². The largest absolute Gasteiger partial charge is 0.352 e. The molecular formula is C19H31Cl2N3O. The fourth-order valence-electron chi connectivity index (χ4n) is 3.86. The Morgan fingerprint density at radius 3 is 2.48 bits per heavy atom. The first-order valence-corrected chi connectivity index (χ1v) is 9.04. The normalized spacial score (nSPS) is 24.2. The smallest absolute Gasteiger partial charge is 0.240 e. The quantitative estimate of drug-likeness (QED) is 0.815. The number of nitrogens with zero attached hydrogens (tertiary/aromatic N) is 1. The van der Waals surface area contributed by atoms with Crippen LogP contribution in [0.25, 0.3) is 0 Å². The van der Waals surface area contributed by atoms with Gasteiger partial charge in [-0.15, -0.1) is 24.8 Å². The molecule has 0 aliphatic carbocycles. The number of nitrogens with one attached hydrogen (secondary N) is 2. The molecule has 2 heterocycles. The van der Waals surface area contributed by atoms with Crippen LogP contribution in [0.5, 0.6) is 0 Å². The van der Waals surface area contributed by atoms with E-state index in [1.54, 1.807) is 0 Å². The lowest BCUT2D eigenvalue weighted by Crippen LogP contribution is -2.56. The van der Waals surface area contributed by atoms with Crippen LogP contribution in [0.1, 0.15) is 44.6 Å². The third-order valence-electron chi connectivity index (χ3n) is 5.45. The second-order valence-electron chi connectivity index (χ2n) is 6.98. The van der Waals surface area contributed by atoms with E-state index in [0.717, 1.165) is 58.3 Å². The first-order valence-electron chi connectivity index (χ1n) is 9.04. The third kappa shape index (κ3) is 5.58. The fourth-order valence-corrected chi connectivity index (χ4v) is 3.86. The molecule has 1 amide bonds. The van der Waals surface area contributed by atoms with E-state index in [9.17, 15) is 4.79 Å². The zero-order valence-electron chi connectivity index (χ0n) is 15.0. The number of likely N-dealkylation sites (tertiary alicyclic amines) is 1. The fraction of sp³-hybridized carbons (Fsp3) is 0.632. The van der Waals surface area contributed by atoms with Crippen LogP contribution in [0.2, 0.25) is 0 Å². The van der Waals surface area contributed by atoms with Crippen molar-refractivity contribution in [1.29, 1.82) is 0 Å². The van der Waals surface area contributed by atoms with Gasteiger partial charge in [0.05, 0.1) is 5.54 Å². The zero-order valence-corrected chi connectivity index (χ0v) is 16.6. The number of benzene rings is 1. The van der Waals surface area contributed by atoms with E-state index in [4.69, 9.17) is 0 Å². The van der Waals surface area contributed by atoms with Gasteiger partial charge in [0.2, 0.25) is 5.91 Å². The number of hydrogen-bond acceptors (Lipinski definition) is 3. The minimum atomic E-state index is -0.304. The zero-order chi connectivity index (χ0) is 16.1. The van der Waals surface area contributed by atoms with Gasteiger partial charge in [0.25, 0.3) is 0 Å². The molecule has 0 bridgehead atoms. The van der Waals surface area contributed by atoms with Crippen LogP contribution in [0.15, 0.2) is 30.3 Å². The van der Waals surface area contributed by atoms with Crippen LogP contribution < -0.4 is 10.6 Å². The van der Waals surface area contributed by atoms with E-state index in [2.05, 4.69) is 52.8 Å². The van der Waals surface area contributed by atoms with Crippen molar-refractivity contribution in [2.75, 3.05) is 19.6 Å². The van der Waals surface area contributed by atoms with Gasteiger partial charge in [0, 0.05) is 25.7 Å². The highest BCUT2D eigenvalue weighted by molar-refractivity contribution is 5.87. The van der Waals surface area contributed by atoms with Crippen molar-refractivity contribution in [3.8, 4) is 0 Å². The number of piperidine rings is 1. The van der Waals surface area contributed by atoms with Crippen molar-refractivity contribution in [2.45, 2.75) is 57.2 Å². The monoisotopic (exact) mass is 387 g/mol. The van der Waals surface area contributed by atoms with Gasteiger partial charge in [-0.25, -0.2) is 0 Å². The highest BCUT2D eigenvalue weighted by atomic mass is 35.5. The highest BCUT2D eigenvalue weighted by Crippen LogP contribution is 2.24. The molecule has 1 aromatic carbocycles. The van der Waals surface area contributed by atoms with Crippen LogP contribution >= 0.6 is 24.8 Å². The molecule has 1 atom stereocenters. The summed E-state index contributed by atoms with van der Waals surface area (Å²) in [5, 5.41) is 6.74. The molecule has 0 saturated carbocycles. The minimum Gasteiger partial charge on any atom is -0.352 e. The SMILES string of the molecule is CCC1(C(=O)NC2CCN(Cc3ccccc3)CC2)CCCN1.Cl.Cl. The summed E-state index contributed by atoms with van der Waals surface area (Å²) in [6.45, 7) is 6.22. The maximum atomic E-state index is 12.7. The van der Waals surface area contributed by atoms with Crippen molar-refractivity contribution in [3.63, 3.8) is 0 Å². The van der Waals surface area contributed by atoms with Gasteiger partial charge in [-0.1, -0.05) is 37.3 Å². The lowest BCUT2D eigenvalue weighted by molar-refractivity contribution is -0.128. The van der Waals surface area contributed by atoms with Gasteiger partial charge in [0.1, 0.15) is 0 Å². The van der Waals surface area contributed by atoms with Gasteiger partial charge < -0.3 is 10.6 Å². The van der Waals surface area contributed by atoms with Gasteiger partial charge >= 0.3 is 0 Å². The lowest BCUT2D eigenvalue weighted by Gasteiger charge is -2.35. The van der Waals surface area contributed by atoms with Gasteiger partial charge in [-0.2, -0.15) is 0 Å². The molecule has 0 radical (unpaired) electrons. The van der Waals surface area contributed by atoms with Crippen LogP contribution in [0.3, 0.4) is 0 Å². The summed E-state index contributed by atoms with van der Waals surface area (Å²) in [5.74, 6) is 0.221. The van der Waals surface area contributed by atoms with Crippen molar-refractivity contribution in [1.82, 2.24) is 15.5 Å². The summed E-state index contributed by atoms with van der Waals surface area (Å²) < 4.78 is 0. The van der Waals surface area contributed by atoms with E-state index in [1.807, 2.05) is 0 Å². The van der Waals surface area contributed by atoms with E-state index in [-0.39, 0.29) is 36.3 Å².